The zero-order valence-corrected chi connectivity index (χ0v) is 12.6. The molecule has 0 fully saturated rings. The highest BCUT2D eigenvalue weighted by atomic mass is 35.5. The second-order valence-corrected chi connectivity index (χ2v) is 6.30. The van der Waals surface area contributed by atoms with Gasteiger partial charge in [-0.3, -0.25) is 9.78 Å². The summed E-state index contributed by atoms with van der Waals surface area (Å²) in [5.41, 5.74) is 1.25. The maximum atomic E-state index is 12.1. The summed E-state index contributed by atoms with van der Waals surface area (Å²) in [6.45, 7) is 1.63. The van der Waals surface area contributed by atoms with E-state index in [0.717, 1.165) is 0 Å². The van der Waals surface area contributed by atoms with Crippen molar-refractivity contribution in [2.45, 2.75) is 11.8 Å². The number of rotatable bonds is 3. The molecule has 0 saturated heterocycles. The molecule has 0 bridgehead atoms. The van der Waals surface area contributed by atoms with E-state index < -0.39 is 10.0 Å². The summed E-state index contributed by atoms with van der Waals surface area (Å²) in [5, 5.41) is 7.79. The largest absolute Gasteiger partial charge is 0.320 e. The molecule has 0 unspecified atom stereocenters. The Hall–Kier alpha value is -1.96. The zero-order chi connectivity index (χ0) is 15.6. The number of aromatic nitrogens is 1. The standard InChI is InChI=1S/C13H12ClN3O3S/c1-8-6-10(21(15,19)20)7-11(14)12(8)17-13(18)9-2-4-16-5-3-9/h2-7H,1H3,(H,17,18)(H2,15,19,20). The molecule has 8 heteroatoms. The molecule has 1 aromatic heterocycles. The highest BCUT2D eigenvalue weighted by Gasteiger charge is 2.15. The lowest BCUT2D eigenvalue weighted by Crippen LogP contribution is -2.15. The monoisotopic (exact) mass is 325 g/mol. The first-order valence-electron chi connectivity index (χ1n) is 5.83. The van der Waals surface area contributed by atoms with Crippen LogP contribution in [0.15, 0.2) is 41.6 Å². The Morgan fingerprint density at radius 1 is 1.29 bits per heavy atom. The van der Waals surface area contributed by atoms with Gasteiger partial charge in [0.1, 0.15) is 0 Å². The van der Waals surface area contributed by atoms with Crippen molar-refractivity contribution >= 4 is 33.2 Å². The van der Waals surface area contributed by atoms with Crippen molar-refractivity contribution in [3.05, 3.63) is 52.8 Å². The summed E-state index contributed by atoms with van der Waals surface area (Å²) < 4.78 is 22.6. The predicted octanol–water partition coefficient (Wildman–Crippen LogP) is 1.94. The quantitative estimate of drug-likeness (QED) is 0.900. The number of benzene rings is 1. The number of anilines is 1. The molecular weight excluding hydrogens is 314 g/mol. The third kappa shape index (κ3) is 3.57. The van der Waals surface area contributed by atoms with E-state index in [1.54, 1.807) is 19.1 Å². The average molecular weight is 326 g/mol. The molecule has 2 rings (SSSR count). The number of halogens is 1. The molecule has 0 aliphatic carbocycles. The maximum absolute atomic E-state index is 12.1. The number of sulfonamides is 1. The minimum atomic E-state index is -3.85. The summed E-state index contributed by atoms with van der Waals surface area (Å²) in [6.07, 6.45) is 2.99. The summed E-state index contributed by atoms with van der Waals surface area (Å²) >= 11 is 6.03. The molecule has 1 amide bonds. The number of pyridine rings is 1. The normalized spacial score (nSPS) is 11.2. The van der Waals surface area contributed by atoms with Crippen LogP contribution in [0.2, 0.25) is 5.02 Å². The molecule has 0 radical (unpaired) electrons. The molecule has 0 atom stereocenters. The topological polar surface area (TPSA) is 102 Å². The molecule has 1 heterocycles. The van der Waals surface area contributed by atoms with Crippen LogP contribution in [0, 0.1) is 6.92 Å². The van der Waals surface area contributed by atoms with Gasteiger partial charge in [-0.2, -0.15) is 0 Å². The third-order valence-corrected chi connectivity index (χ3v) is 3.96. The number of nitrogens with zero attached hydrogens (tertiary/aromatic N) is 1. The van der Waals surface area contributed by atoms with Crippen molar-refractivity contribution < 1.29 is 13.2 Å². The highest BCUT2D eigenvalue weighted by molar-refractivity contribution is 7.89. The molecule has 0 aliphatic rings. The molecular formula is C13H12ClN3O3S. The number of nitrogens with two attached hydrogens (primary N) is 1. The molecule has 6 nitrogen and oxygen atoms in total. The number of carbonyl (C=O) groups excluding carboxylic acids is 1. The van der Waals surface area contributed by atoms with Crippen molar-refractivity contribution in [2.75, 3.05) is 5.32 Å². The smallest absolute Gasteiger partial charge is 0.255 e. The molecule has 1 aromatic carbocycles. The van der Waals surface area contributed by atoms with Crippen molar-refractivity contribution in [3.63, 3.8) is 0 Å². The Balaban J connectivity index is 2.36. The van der Waals surface area contributed by atoms with Gasteiger partial charge in [-0.15, -0.1) is 0 Å². The van der Waals surface area contributed by atoms with Crippen LogP contribution in [0.5, 0.6) is 0 Å². The van der Waals surface area contributed by atoms with E-state index in [0.29, 0.717) is 16.8 Å². The van der Waals surface area contributed by atoms with Crippen LogP contribution in [0.3, 0.4) is 0 Å². The van der Waals surface area contributed by atoms with Gasteiger partial charge in [0.05, 0.1) is 15.6 Å². The summed E-state index contributed by atoms with van der Waals surface area (Å²) in [5.74, 6) is -0.370. The Bertz CT molecular complexity index is 769. The molecule has 2 aromatic rings. The van der Waals surface area contributed by atoms with Crippen LogP contribution in [0.4, 0.5) is 5.69 Å². The molecule has 0 aliphatic heterocycles. The first-order chi connectivity index (χ1) is 9.79. The van der Waals surface area contributed by atoms with Gasteiger partial charge < -0.3 is 5.32 Å². The van der Waals surface area contributed by atoms with Crippen molar-refractivity contribution in [1.82, 2.24) is 4.98 Å². The van der Waals surface area contributed by atoms with E-state index >= 15 is 0 Å². The third-order valence-electron chi connectivity index (χ3n) is 2.77. The molecule has 3 N–H and O–H groups in total. The minimum Gasteiger partial charge on any atom is -0.320 e. The number of hydrogen-bond acceptors (Lipinski definition) is 4. The fraction of sp³-hybridized carbons (Fsp3) is 0.0769. The van der Waals surface area contributed by atoms with Gasteiger partial charge in [0.25, 0.3) is 5.91 Å². The summed E-state index contributed by atoms with van der Waals surface area (Å²) in [7, 11) is -3.85. The number of hydrogen-bond donors (Lipinski definition) is 2. The number of amides is 1. The van der Waals surface area contributed by atoms with E-state index in [-0.39, 0.29) is 15.8 Å². The molecule has 0 saturated carbocycles. The summed E-state index contributed by atoms with van der Waals surface area (Å²) in [4.78, 5) is 15.8. The van der Waals surface area contributed by atoms with E-state index in [4.69, 9.17) is 16.7 Å². The van der Waals surface area contributed by atoms with Gasteiger partial charge in [0.2, 0.25) is 10.0 Å². The maximum Gasteiger partial charge on any atom is 0.255 e. The van der Waals surface area contributed by atoms with Gasteiger partial charge in [-0.05, 0) is 36.8 Å². The minimum absolute atomic E-state index is 0.0985. The van der Waals surface area contributed by atoms with Crippen molar-refractivity contribution in [3.8, 4) is 0 Å². The van der Waals surface area contributed by atoms with Gasteiger partial charge in [0.15, 0.2) is 0 Å². The fourth-order valence-electron chi connectivity index (χ4n) is 1.72. The highest BCUT2D eigenvalue weighted by Crippen LogP contribution is 2.29. The van der Waals surface area contributed by atoms with E-state index in [1.807, 2.05) is 0 Å². The molecule has 21 heavy (non-hydrogen) atoms. The number of primary sulfonamides is 1. The summed E-state index contributed by atoms with van der Waals surface area (Å²) in [6, 6.07) is 5.66. The van der Waals surface area contributed by atoms with Gasteiger partial charge in [-0.25, -0.2) is 13.6 Å². The van der Waals surface area contributed by atoms with Gasteiger partial charge in [0, 0.05) is 18.0 Å². The SMILES string of the molecule is Cc1cc(S(N)(=O)=O)cc(Cl)c1NC(=O)c1ccncc1. The number of nitrogens with one attached hydrogen (secondary N) is 1. The van der Waals surface area contributed by atoms with Crippen LogP contribution >= 0.6 is 11.6 Å². The molecule has 0 spiro atoms. The van der Waals surface area contributed by atoms with Crippen LogP contribution in [-0.4, -0.2) is 19.3 Å². The fourth-order valence-corrected chi connectivity index (χ4v) is 2.73. The van der Waals surface area contributed by atoms with Crippen LogP contribution in [-0.2, 0) is 10.0 Å². The number of carbonyl (C=O) groups is 1. The average Bonchev–Trinajstić information content (AvgIpc) is 2.42. The first kappa shape index (κ1) is 15.4. The second-order valence-electron chi connectivity index (χ2n) is 4.33. The number of aryl methyl sites for hydroxylation is 1. The Morgan fingerprint density at radius 2 is 1.90 bits per heavy atom. The first-order valence-corrected chi connectivity index (χ1v) is 7.76. The van der Waals surface area contributed by atoms with E-state index in [9.17, 15) is 13.2 Å². The molecule has 110 valence electrons. The van der Waals surface area contributed by atoms with Crippen molar-refractivity contribution in [2.24, 2.45) is 5.14 Å². The van der Waals surface area contributed by atoms with Gasteiger partial charge >= 0.3 is 0 Å². The lowest BCUT2D eigenvalue weighted by molar-refractivity contribution is 0.102. The van der Waals surface area contributed by atoms with Crippen molar-refractivity contribution in [1.29, 1.82) is 0 Å². The lowest BCUT2D eigenvalue weighted by Gasteiger charge is -2.12. The van der Waals surface area contributed by atoms with Crippen LogP contribution in [0.25, 0.3) is 0 Å². The van der Waals surface area contributed by atoms with Gasteiger partial charge in [-0.1, -0.05) is 11.6 Å². The van der Waals surface area contributed by atoms with Crippen LogP contribution in [0.1, 0.15) is 15.9 Å². The van der Waals surface area contributed by atoms with E-state index in [1.165, 1.54) is 24.5 Å². The zero-order valence-electron chi connectivity index (χ0n) is 11.0. The second kappa shape index (κ2) is 5.80. The Kier molecular flexibility index (Phi) is 4.26. The Labute approximate surface area is 127 Å². The van der Waals surface area contributed by atoms with Crippen LogP contribution < -0.4 is 10.5 Å². The Morgan fingerprint density at radius 3 is 2.43 bits per heavy atom. The lowest BCUT2D eigenvalue weighted by atomic mass is 10.2. The van der Waals surface area contributed by atoms with E-state index in [2.05, 4.69) is 10.3 Å². The predicted molar refractivity (Wildman–Crippen MR) is 79.8 cm³/mol.